The normalized spacial score (nSPS) is 14.7. The number of amides is 1. The van der Waals surface area contributed by atoms with Gasteiger partial charge >= 0.3 is 0 Å². The summed E-state index contributed by atoms with van der Waals surface area (Å²) in [6.45, 7) is 12.9. The van der Waals surface area contributed by atoms with E-state index in [1.807, 2.05) is 28.8 Å². The number of aromatic amines is 1. The van der Waals surface area contributed by atoms with Gasteiger partial charge in [-0.3, -0.25) is 19.3 Å². The number of hydrogen-bond donors (Lipinski definition) is 1. The van der Waals surface area contributed by atoms with E-state index in [4.69, 9.17) is 21.8 Å². The molecule has 0 atom stereocenters. The highest BCUT2D eigenvalue weighted by atomic mass is 35.5. The smallest absolute Gasteiger partial charge is 0.245 e. The largest absolute Gasteiger partial charge is 0.339 e. The first kappa shape index (κ1) is 26.2. The van der Waals surface area contributed by atoms with Gasteiger partial charge < -0.3 is 9.80 Å². The fraction of sp³-hybridized carbons (Fsp3) is 0.429. The van der Waals surface area contributed by atoms with E-state index in [0.29, 0.717) is 18.1 Å². The Labute approximate surface area is 228 Å². The predicted octanol–water partition coefficient (Wildman–Crippen LogP) is 4.78. The van der Waals surface area contributed by atoms with Gasteiger partial charge in [0.15, 0.2) is 0 Å². The van der Waals surface area contributed by atoms with Crippen LogP contribution in [-0.2, 0) is 11.3 Å². The zero-order chi connectivity index (χ0) is 27.1. The molecule has 38 heavy (non-hydrogen) atoms. The van der Waals surface area contributed by atoms with Crippen molar-refractivity contribution in [2.24, 2.45) is 0 Å². The molecule has 1 saturated heterocycles. The SMILES string of the molecule is C=CC(=O)N1CCC(n2nc(-c3cc(C)n(CCN(C)C)n3)c(-c3c(Cl)c(C)cc4[nH]ncc34)c2C)CC1. The number of rotatable bonds is 7. The molecule has 1 fully saturated rings. The molecular formula is C28H35ClN8O. The Morgan fingerprint density at radius 3 is 2.61 bits per heavy atom. The molecule has 0 bridgehead atoms. The Bertz CT molecular complexity index is 1500. The van der Waals surface area contributed by atoms with Crippen molar-refractivity contribution >= 4 is 28.4 Å². The number of nitrogens with one attached hydrogen (secondary N) is 1. The second-order valence-electron chi connectivity index (χ2n) is 10.4. The number of aromatic nitrogens is 6. The van der Waals surface area contributed by atoms with Crippen molar-refractivity contribution in [2.75, 3.05) is 33.7 Å². The van der Waals surface area contributed by atoms with Gasteiger partial charge in [-0.05, 0) is 71.5 Å². The minimum absolute atomic E-state index is 0.0188. The second-order valence-corrected chi connectivity index (χ2v) is 10.8. The van der Waals surface area contributed by atoms with Crippen LogP contribution in [-0.4, -0.2) is 79.2 Å². The molecule has 10 heteroatoms. The van der Waals surface area contributed by atoms with E-state index in [0.717, 1.165) is 76.3 Å². The summed E-state index contributed by atoms with van der Waals surface area (Å²) in [5.74, 6) is -0.0188. The van der Waals surface area contributed by atoms with Gasteiger partial charge in [-0.25, -0.2) is 0 Å². The van der Waals surface area contributed by atoms with Gasteiger partial charge in [0.1, 0.15) is 11.4 Å². The molecule has 1 amide bonds. The molecule has 200 valence electrons. The third-order valence-electron chi connectivity index (χ3n) is 7.54. The van der Waals surface area contributed by atoms with Crippen LogP contribution in [0.4, 0.5) is 0 Å². The number of halogens is 1. The monoisotopic (exact) mass is 534 g/mol. The lowest BCUT2D eigenvalue weighted by atomic mass is 9.96. The molecular weight excluding hydrogens is 500 g/mol. The summed E-state index contributed by atoms with van der Waals surface area (Å²) < 4.78 is 4.16. The van der Waals surface area contributed by atoms with Crippen LogP contribution in [0.15, 0.2) is 31.0 Å². The minimum Gasteiger partial charge on any atom is -0.339 e. The number of likely N-dealkylation sites (N-methyl/N-ethyl adjacent to an activating group) is 1. The van der Waals surface area contributed by atoms with Crippen LogP contribution in [0.3, 0.4) is 0 Å². The van der Waals surface area contributed by atoms with Crippen LogP contribution in [0, 0.1) is 20.8 Å². The molecule has 5 rings (SSSR count). The fourth-order valence-corrected chi connectivity index (χ4v) is 5.66. The Morgan fingerprint density at radius 2 is 1.92 bits per heavy atom. The quantitative estimate of drug-likeness (QED) is 0.345. The highest BCUT2D eigenvalue weighted by molar-refractivity contribution is 6.36. The number of benzene rings is 1. The van der Waals surface area contributed by atoms with E-state index in [1.54, 1.807) is 0 Å². The Balaban J connectivity index is 1.65. The Morgan fingerprint density at radius 1 is 1.18 bits per heavy atom. The topological polar surface area (TPSA) is 87.9 Å². The van der Waals surface area contributed by atoms with E-state index in [-0.39, 0.29) is 11.9 Å². The van der Waals surface area contributed by atoms with Crippen molar-refractivity contribution in [3.8, 4) is 22.5 Å². The summed E-state index contributed by atoms with van der Waals surface area (Å²) in [5.41, 5.74) is 7.56. The van der Waals surface area contributed by atoms with E-state index >= 15 is 0 Å². The van der Waals surface area contributed by atoms with Crippen molar-refractivity contribution in [1.82, 2.24) is 39.6 Å². The van der Waals surface area contributed by atoms with Gasteiger partial charge in [-0.15, -0.1) is 0 Å². The van der Waals surface area contributed by atoms with Gasteiger partial charge in [0.2, 0.25) is 5.91 Å². The summed E-state index contributed by atoms with van der Waals surface area (Å²) in [4.78, 5) is 16.2. The van der Waals surface area contributed by atoms with Crippen LogP contribution in [0.25, 0.3) is 33.4 Å². The zero-order valence-corrected chi connectivity index (χ0v) is 23.5. The second kappa shape index (κ2) is 10.4. The van der Waals surface area contributed by atoms with Crippen LogP contribution in [0.5, 0.6) is 0 Å². The molecule has 3 aromatic heterocycles. The van der Waals surface area contributed by atoms with Crippen molar-refractivity contribution in [2.45, 2.75) is 46.2 Å². The third kappa shape index (κ3) is 4.65. The molecule has 0 aliphatic carbocycles. The summed E-state index contributed by atoms with van der Waals surface area (Å²) in [5, 5.41) is 19.2. The number of fused-ring (bicyclic) bond motifs is 1. The minimum atomic E-state index is -0.0188. The van der Waals surface area contributed by atoms with E-state index in [9.17, 15) is 4.79 Å². The van der Waals surface area contributed by atoms with Gasteiger partial charge in [-0.1, -0.05) is 18.2 Å². The van der Waals surface area contributed by atoms with Crippen LogP contribution < -0.4 is 0 Å². The first-order valence-corrected chi connectivity index (χ1v) is 13.4. The molecule has 9 nitrogen and oxygen atoms in total. The van der Waals surface area contributed by atoms with Crippen LogP contribution in [0.2, 0.25) is 5.02 Å². The molecule has 4 heterocycles. The number of carbonyl (C=O) groups excluding carboxylic acids is 1. The van der Waals surface area contributed by atoms with Crippen LogP contribution in [0.1, 0.15) is 35.8 Å². The maximum atomic E-state index is 12.2. The lowest BCUT2D eigenvalue weighted by Crippen LogP contribution is -2.38. The predicted molar refractivity (Wildman–Crippen MR) is 151 cm³/mol. The Kier molecular flexibility index (Phi) is 7.15. The van der Waals surface area contributed by atoms with Crippen molar-refractivity contribution in [3.05, 3.63) is 53.0 Å². The summed E-state index contributed by atoms with van der Waals surface area (Å²) in [7, 11) is 4.12. The Hall–Kier alpha value is -3.43. The molecule has 1 N–H and O–H groups in total. The summed E-state index contributed by atoms with van der Waals surface area (Å²) in [6.07, 6.45) is 4.86. The molecule has 0 saturated carbocycles. The third-order valence-corrected chi connectivity index (χ3v) is 8.03. The molecule has 1 aliphatic rings. The number of aryl methyl sites for hydroxylation is 2. The number of piperidine rings is 1. The number of H-pyrrole nitrogens is 1. The van der Waals surface area contributed by atoms with E-state index in [1.165, 1.54) is 6.08 Å². The van der Waals surface area contributed by atoms with Gasteiger partial charge in [-0.2, -0.15) is 15.3 Å². The fourth-order valence-electron chi connectivity index (χ4n) is 5.40. The highest BCUT2D eigenvalue weighted by Crippen LogP contribution is 2.44. The number of likely N-dealkylation sites (tertiary alicyclic amines) is 1. The maximum Gasteiger partial charge on any atom is 0.245 e. The molecule has 1 aliphatic heterocycles. The van der Waals surface area contributed by atoms with Gasteiger partial charge in [0.05, 0.1) is 29.3 Å². The van der Waals surface area contributed by atoms with Gasteiger partial charge in [0.25, 0.3) is 0 Å². The van der Waals surface area contributed by atoms with Crippen molar-refractivity contribution < 1.29 is 4.79 Å². The van der Waals surface area contributed by atoms with Crippen LogP contribution >= 0.6 is 11.6 Å². The van der Waals surface area contributed by atoms with E-state index in [2.05, 4.69) is 60.4 Å². The number of carbonyl (C=O) groups is 1. The number of hydrogen-bond acceptors (Lipinski definition) is 5. The van der Waals surface area contributed by atoms with Crippen molar-refractivity contribution in [1.29, 1.82) is 0 Å². The highest BCUT2D eigenvalue weighted by Gasteiger charge is 2.30. The summed E-state index contributed by atoms with van der Waals surface area (Å²) in [6, 6.07) is 4.30. The van der Waals surface area contributed by atoms with Gasteiger partial charge in [0, 0.05) is 47.5 Å². The molecule has 0 radical (unpaired) electrons. The lowest BCUT2D eigenvalue weighted by Gasteiger charge is -2.32. The lowest BCUT2D eigenvalue weighted by molar-refractivity contribution is -0.127. The molecule has 0 unspecified atom stereocenters. The average Bonchev–Trinajstić information content (AvgIpc) is 3.60. The van der Waals surface area contributed by atoms with E-state index < -0.39 is 0 Å². The molecule has 1 aromatic carbocycles. The maximum absolute atomic E-state index is 12.2. The zero-order valence-electron chi connectivity index (χ0n) is 22.8. The average molecular weight is 535 g/mol. The summed E-state index contributed by atoms with van der Waals surface area (Å²) >= 11 is 7.02. The first-order chi connectivity index (χ1) is 18.2. The standard InChI is InChI=1S/C28H35ClN8O/c1-7-24(38)35-10-8-20(9-11-35)37-19(4)25(26-21-16-30-31-22(21)14-17(2)27(26)29)28(33-37)23-15-18(3)36(32-23)13-12-34(5)6/h7,14-16,20H,1,8-13H2,2-6H3,(H,30,31). The van der Waals surface area contributed by atoms with Crippen molar-refractivity contribution in [3.63, 3.8) is 0 Å². The first-order valence-electron chi connectivity index (χ1n) is 13.0. The molecule has 0 spiro atoms. The molecule has 4 aromatic rings. The number of nitrogens with zero attached hydrogens (tertiary/aromatic N) is 7.